The molecule has 2 aromatic rings. The van der Waals surface area contributed by atoms with Gasteiger partial charge in [-0.2, -0.15) is 0 Å². The molecule has 0 unspecified atom stereocenters. The van der Waals surface area contributed by atoms with Crippen LogP contribution in [-0.4, -0.2) is 26.2 Å². The molecule has 1 aliphatic rings. The monoisotopic (exact) mass is 326 g/mol. The van der Waals surface area contributed by atoms with E-state index in [1.807, 2.05) is 31.2 Å². The number of aryl methyl sites for hydroxylation is 1. The molecule has 0 spiro atoms. The van der Waals surface area contributed by atoms with Crippen LogP contribution in [0.4, 0.5) is 0 Å². The van der Waals surface area contributed by atoms with E-state index in [1.165, 1.54) is 25.2 Å². The predicted molar refractivity (Wildman–Crippen MR) is 91.8 cm³/mol. The molecule has 1 aliphatic carbocycles. The standard InChI is InChI=1S/C20H22O4/c1-20(19(22)24-3)14(12-18(21)23-2)9-10-16-15-7-5-4-6-13(15)8-11-17(16)20/h4-8,11,14H,9-10,12H2,1-3H3/t14-,20-/m0/s1. The summed E-state index contributed by atoms with van der Waals surface area (Å²) >= 11 is 0. The lowest BCUT2D eigenvalue weighted by Crippen LogP contribution is -2.45. The number of carbonyl (C=O) groups is 2. The molecule has 0 fully saturated rings. The van der Waals surface area contributed by atoms with Crippen LogP contribution in [0.25, 0.3) is 10.8 Å². The van der Waals surface area contributed by atoms with E-state index < -0.39 is 5.41 Å². The second-order valence-electron chi connectivity index (χ2n) is 6.52. The Bertz CT molecular complexity index is 795. The van der Waals surface area contributed by atoms with Crippen molar-refractivity contribution in [2.45, 2.75) is 31.6 Å². The van der Waals surface area contributed by atoms with E-state index >= 15 is 0 Å². The Kier molecular flexibility index (Phi) is 4.31. The number of methoxy groups -OCH3 is 2. The highest BCUT2D eigenvalue weighted by Gasteiger charge is 2.48. The number of benzene rings is 2. The fourth-order valence-electron chi connectivity index (χ4n) is 4.00. The zero-order valence-electron chi connectivity index (χ0n) is 14.3. The molecule has 4 heteroatoms. The van der Waals surface area contributed by atoms with Gasteiger partial charge in [0, 0.05) is 6.42 Å². The zero-order valence-corrected chi connectivity index (χ0v) is 14.3. The predicted octanol–water partition coefficient (Wildman–Crippen LogP) is 3.40. The summed E-state index contributed by atoms with van der Waals surface area (Å²) in [5, 5.41) is 2.33. The fourth-order valence-corrected chi connectivity index (χ4v) is 4.00. The SMILES string of the molecule is COC(=O)C[C@@H]1CCc2c(ccc3ccccc23)[C@@]1(C)C(=O)OC. The van der Waals surface area contributed by atoms with Crippen LogP contribution in [0.3, 0.4) is 0 Å². The van der Waals surface area contributed by atoms with Crippen molar-refractivity contribution in [2.24, 2.45) is 5.92 Å². The lowest BCUT2D eigenvalue weighted by atomic mass is 9.62. The third-order valence-corrected chi connectivity index (χ3v) is 5.41. The minimum Gasteiger partial charge on any atom is -0.469 e. The third-order valence-electron chi connectivity index (χ3n) is 5.41. The number of fused-ring (bicyclic) bond motifs is 3. The Morgan fingerprint density at radius 1 is 1.12 bits per heavy atom. The van der Waals surface area contributed by atoms with Gasteiger partial charge in [-0.3, -0.25) is 9.59 Å². The Labute approximate surface area is 141 Å². The molecule has 0 bridgehead atoms. The Morgan fingerprint density at radius 3 is 2.58 bits per heavy atom. The van der Waals surface area contributed by atoms with Crippen molar-refractivity contribution in [3.8, 4) is 0 Å². The molecular formula is C20H22O4. The number of rotatable bonds is 3. The lowest BCUT2D eigenvalue weighted by Gasteiger charge is -2.40. The van der Waals surface area contributed by atoms with Gasteiger partial charge >= 0.3 is 11.9 Å². The van der Waals surface area contributed by atoms with Gasteiger partial charge in [-0.1, -0.05) is 36.4 Å². The molecule has 2 aromatic carbocycles. The summed E-state index contributed by atoms with van der Waals surface area (Å²) < 4.78 is 9.94. The minimum atomic E-state index is -0.847. The molecular weight excluding hydrogens is 304 g/mol. The molecule has 2 atom stereocenters. The molecule has 0 saturated carbocycles. The molecule has 126 valence electrons. The van der Waals surface area contributed by atoms with Gasteiger partial charge in [-0.25, -0.2) is 0 Å². The average molecular weight is 326 g/mol. The summed E-state index contributed by atoms with van der Waals surface area (Å²) in [6.07, 6.45) is 1.81. The van der Waals surface area contributed by atoms with Gasteiger partial charge < -0.3 is 9.47 Å². The van der Waals surface area contributed by atoms with Gasteiger partial charge in [0.15, 0.2) is 0 Å². The van der Waals surface area contributed by atoms with Crippen LogP contribution in [0.2, 0.25) is 0 Å². The molecule has 3 rings (SSSR count). The van der Waals surface area contributed by atoms with E-state index in [4.69, 9.17) is 9.47 Å². The van der Waals surface area contributed by atoms with E-state index in [0.29, 0.717) is 0 Å². The number of esters is 2. The largest absolute Gasteiger partial charge is 0.469 e. The van der Waals surface area contributed by atoms with Crippen LogP contribution in [0.1, 0.15) is 30.9 Å². The van der Waals surface area contributed by atoms with Crippen LogP contribution >= 0.6 is 0 Å². The van der Waals surface area contributed by atoms with Gasteiger partial charge in [-0.05, 0) is 47.6 Å². The molecule has 0 heterocycles. The highest BCUT2D eigenvalue weighted by molar-refractivity contribution is 5.92. The molecule has 0 N–H and O–H groups in total. The first kappa shape index (κ1) is 16.5. The number of hydrogen-bond donors (Lipinski definition) is 0. The summed E-state index contributed by atoms with van der Waals surface area (Å²) in [4.78, 5) is 24.5. The Hall–Kier alpha value is -2.36. The van der Waals surface area contributed by atoms with Crippen LogP contribution in [0.15, 0.2) is 36.4 Å². The second-order valence-corrected chi connectivity index (χ2v) is 6.52. The second kappa shape index (κ2) is 6.27. The van der Waals surface area contributed by atoms with Gasteiger partial charge in [0.2, 0.25) is 0 Å². The Morgan fingerprint density at radius 2 is 1.88 bits per heavy atom. The lowest BCUT2D eigenvalue weighted by molar-refractivity contribution is -0.151. The molecule has 0 aliphatic heterocycles. The smallest absolute Gasteiger partial charge is 0.316 e. The van der Waals surface area contributed by atoms with Crippen molar-refractivity contribution < 1.29 is 19.1 Å². The van der Waals surface area contributed by atoms with Crippen LogP contribution in [0, 0.1) is 5.92 Å². The van der Waals surface area contributed by atoms with Gasteiger partial charge in [0.25, 0.3) is 0 Å². The maximum Gasteiger partial charge on any atom is 0.316 e. The summed E-state index contributed by atoms with van der Waals surface area (Å²) in [5.41, 5.74) is 1.30. The van der Waals surface area contributed by atoms with Crippen molar-refractivity contribution in [1.82, 2.24) is 0 Å². The maximum absolute atomic E-state index is 12.7. The first-order chi connectivity index (χ1) is 11.5. The molecule has 4 nitrogen and oxygen atoms in total. The number of hydrogen-bond acceptors (Lipinski definition) is 4. The molecule has 24 heavy (non-hydrogen) atoms. The molecule has 0 saturated heterocycles. The topological polar surface area (TPSA) is 52.6 Å². The average Bonchev–Trinajstić information content (AvgIpc) is 2.62. The van der Waals surface area contributed by atoms with Gasteiger partial charge in [0.1, 0.15) is 0 Å². The third kappa shape index (κ3) is 2.46. The quantitative estimate of drug-likeness (QED) is 0.811. The Balaban J connectivity index is 2.17. The number of carbonyl (C=O) groups excluding carboxylic acids is 2. The van der Waals surface area contributed by atoms with E-state index in [-0.39, 0.29) is 24.3 Å². The van der Waals surface area contributed by atoms with E-state index in [9.17, 15) is 9.59 Å². The zero-order chi connectivity index (χ0) is 17.3. The summed E-state index contributed by atoms with van der Waals surface area (Å²) in [6, 6.07) is 12.2. The van der Waals surface area contributed by atoms with E-state index in [1.54, 1.807) is 0 Å². The highest BCUT2D eigenvalue weighted by atomic mass is 16.5. The maximum atomic E-state index is 12.7. The minimum absolute atomic E-state index is 0.133. The van der Waals surface area contributed by atoms with Crippen LogP contribution < -0.4 is 0 Å². The van der Waals surface area contributed by atoms with Crippen LogP contribution in [0.5, 0.6) is 0 Å². The van der Waals surface area contributed by atoms with E-state index in [0.717, 1.165) is 23.8 Å². The van der Waals surface area contributed by atoms with Crippen molar-refractivity contribution in [2.75, 3.05) is 14.2 Å². The van der Waals surface area contributed by atoms with Gasteiger partial charge in [0.05, 0.1) is 19.6 Å². The van der Waals surface area contributed by atoms with Crippen molar-refractivity contribution in [1.29, 1.82) is 0 Å². The van der Waals surface area contributed by atoms with Crippen molar-refractivity contribution in [3.63, 3.8) is 0 Å². The fraction of sp³-hybridized carbons (Fsp3) is 0.400. The first-order valence-corrected chi connectivity index (χ1v) is 8.18. The summed E-state index contributed by atoms with van der Waals surface area (Å²) in [7, 11) is 2.78. The first-order valence-electron chi connectivity index (χ1n) is 8.18. The summed E-state index contributed by atoms with van der Waals surface area (Å²) in [6.45, 7) is 1.89. The molecule has 0 radical (unpaired) electrons. The number of ether oxygens (including phenoxy) is 2. The van der Waals surface area contributed by atoms with Gasteiger partial charge in [-0.15, -0.1) is 0 Å². The van der Waals surface area contributed by atoms with E-state index in [2.05, 4.69) is 12.1 Å². The summed E-state index contributed by atoms with van der Waals surface area (Å²) in [5.74, 6) is -0.724. The van der Waals surface area contributed by atoms with Crippen molar-refractivity contribution in [3.05, 3.63) is 47.5 Å². The molecule has 0 aromatic heterocycles. The molecule has 0 amide bonds. The highest BCUT2D eigenvalue weighted by Crippen LogP contribution is 2.46. The van der Waals surface area contributed by atoms with Crippen molar-refractivity contribution >= 4 is 22.7 Å². The normalized spacial score (nSPS) is 22.7. The van der Waals surface area contributed by atoms with Crippen LogP contribution in [-0.2, 0) is 30.9 Å².